The molecule has 8 heteroatoms. The summed E-state index contributed by atoms with van der Waals surface area (Å²) < 4.78 is 0. The average Bonchev–Trinajstić information content (AvgIpc) is 3.53. The number of rotatable bonds is 9. The summed E-state index contributed by atoms with van der Waals surface area (Å²) in [7, 11) is 1.87. The highest BCUT2D eigenvalue weighted by atomic mass is 127. The lowest BCUT2D eigenvalue weighted by Gasteiger charge is -2.36. The SMILES string of the molecule is CN=C(NCCCCCN1CCCCC1)N1CCN(CC(=O)NC2CC2)CC1.I. The Morgan fingerprint density at radius 1 is 0.931 bits per heavy atom. The van der Waals surface area contributed by atoms with Crippen LogP contribution in [0.15, 0.2) is 4.99 Å². The van der Waals surface area contributed by atoms with Crippen molar-refractivity contribution in [3.05, 3.63) is 0 Å². The molecule has 3 aliphatic rings. The first-order chi connectivity index (χ1) is 13.7. The van der Waals surface area contributed by atoms with Crippen LogP contribution in [0.4, 0.5) is 0 Å². The molecule has 3 fully saturated rings. The first-order valence-electron chi connectivity index (χ1n) is 11.4. The Hall–Kier alpha value is -0.610. The number of piperidine rings is 1. The van der Waals surface area contributed by atoms with Gasteiger partial charge >= 0.3 is 0 Å². The minimum atomic E-state index is 0. The lowest BCUT2D eigenvalue weighted by molar-refractivity contribution is -0.122. The van der Waals surface area contributed by atoms with Gasteiger partial charge in [-0.2, -0.15) is 0 Å². The number of aliphatic imine (C=N–C) groups is 1. The van der Waals surface area contributed by atoms with Gasteiger partial charge in [0.25, 0.3) is 0 Å². The third-order valence-corrected chi connectivity index (χ3v) is 6.08. The Bertz CT molecular complexity index is 499. The summed E-state index contributed by atoms with van der Waals surface area (Å²) >= 11 is 0. The van der Waals surface area contributed by atoms with Gasteiger partial charge in [-0.05, 0) is 58.2 Å². The summed E-state index contributed by atoms with van der Waals surface area (Å²) in [5, 5.41) is 6.61. The fourth-order valence-corrected chi connectivity index (χ4v) is 4.17. The molecule has 0 spiro atoms. The molecule has 2 N–H and O–H groups in total. The summed E-state index contributed by atoms with van der Waals surface area (Å²) in [6.07, 6.45) is 10.3. The van der Waals surface area contributed by atoms with Crippen LogP contribution in [0.2, 0.25) is 0 Å². The average molecular weight is 521 g/mol. The number of unbranched alkanes of at least 4 members (excludes halogenated alkanes) is 2. The molecule has 0 aromatic heterocycles. The molecule has 0 radical (unpaired) electrons. The number of amides is 1. The minimum Gasteiger partial charge on any atom is -0.356 e. The topological polar surface area (TPSA) is 63.2 Å². The monoisotopic (exact) mass is 520 g/mol. The number of likely N-dealkylation sites (tertiary alicyclic amines) is 1. The summed E-state index contributed by atoms with van der Waals surface area (Å²) in [6, 6.07) is 0.455. The molecule has 1 amide bonds. The summed E-state index contributed by atoms with van der Waals surface area (Å²) in [6.45, 7) is 9.13. The molecule has 0 aromatic carbocycles. The van der Waals surface area contributed by atoms with Crippen LogP contribution >= 0.6 is 24.0 Å². The van der Waals surface area contributed by atoms with Gasteiger partial charge in [-0.3, -0.25) is 14.7 Å². The first kappa shape index (κ1) is 24.7. The Labute approximate surface area is 194 Å². The second-order valence-corrected chi connectivity index (χ2v) is 8.54. The molecular formula is C21H41IN6O. The molecule has 2 heterocycles. The maximum atomic E-state index is 12.0. The predicted octanol–water partition coefficient (Wildman–Crippen LogP) is 1.73. The zero-order chi connectivity index (χ0) is 19.6. The number of carbonyl (C=O) groups excluding carboxylic acids is 1. The second kappa shape index (κ2) is 13.6. The largest absolute Gasteiger partial charge is 0.356 e. The molecule has 2 aliphatic heterocycles. The van der Waals surface area contributed by atoms with Crippen LogP contribution in [0.25, 0.3) is 0 Å². The zero-order valence-corrected chi connectivity index (χ0v) is 20.5. The van der Waals surface area contributed by atoms with Gasteiger partial charge in [0, 0.05) is 45.8 Å². The van der Waals surface area contributed by atoms with Gasteiger partial charge in [0.2, 0.25) is 5.91 Å². The molecule has 7 nitrogen and oxygen atoms in total. The smallest absolute Gasteiger partial charge is 0.234 e. The fraction of sp³-hybridized carbons (Fsp3) is 0.905. The van der Waals surface area contributed by atoms with Crippen LogP contribution in [0.5, 0.6) is 0 Å². The van der Waals surface area contributed by atoms with E-state index in [0.717, 1.165) is 51.5 Å². The van der Waals surface area contributed by atoms with E-state index < -0.39 is 0 Å². The van der Waals surface area contributed by atoms with E-state index >= 15 is 0 Å². The van der Waals surface area contributed by atoms with E-state index in [0.29, 0.717) is 12.6 Å². The second-order valence-electron chi connectivity index (χ2n) is 8.54. The number of hydrogen-bond acceptors (Lipinski definition) is 4. The number of hydrogen-bond donors (Lipinski definition) is 2. The number of carbonyl (C=O) groups is 1. The van der Waals surface area contributed by atoms with Crippen molar-refractivity contribution in [3.63, 3.8) is 0 Å². The number of nitrogens with one attached hydrogen (secondary N) is 2. The quantitative estimate of drug-likeness (QED) is 0.210. The van der Waals surface area contributed by atoms with E-state index in [2.05, 4.69) is 30.3 Å². The van der Waals surface area contributed by atoms with E-state index in [-0.39, 0.29) is 29.9 Å². The van der Waals surface area contributed by atoms with Crippen molar-refractivity contribution >= 4 is 35.8 Å². The number of piperazine rings is 1. The van der Waals surface area contributed by atoms with Gasteiger partial charge in [0.15, 0.2) is 5.96 Å². The molecule has 1 saturated carbocycles. The molecule has 0 unspecified atom stereocenters. The Kier molecular flexibility index (Phi) is 11.6. The third-order valence-electron chi connectivity index (χ3n) is 6.08. The highest BCUT2D eigenvalue weighted by Gasteiger charge is 2.25. The van der Waals surface area contributed by atoms with E-state index in [4.69, 9.17) is 0 Å². The van der Waals surface area contributed by atoms with Crippen molar-refractivity contribution in [1.29, 1.82) is 0 Å². The van der Waals surface area contributed by atoms with Crippen LogP contribution in [0, 0.1) is 0 Å². The third kappa shape index (κ3) is 9.38. The molecule has 2 saturated heterocycles. The van der Waals surface area contributed by atoms with Gasteiger partial charge in [0.05, 0.1) is 6.54 Å². The van der Waals surface area contributed by atoms with E-state index in [1.54, 1.807) is 0 Å². The van der Waals surface area contributed by atoms with Crippen LogP contribution in [0.3, 0.4) is 0 Å². The molecular weight excluding hydrogens is 479 g/mol. The minimum absolute atomic E-state index is 0. The molecule has 0 bridgehead atoms. The first-order valence-corrected chi connectivity index (χ1v) is 11.4. The standard InChI is InChI=1S/C21H40N6O.HI/c1-22-21(23-10-4-2-5-11-25-12-6-3-7-13-25)27-16-14-26(15-17-27)18-20(28)24-19-8-9-19;/h19H,2-18H2,1H3,(H,22,23)(H,24,28);1H. The summed E-state index contributed by atoms with van der Waals surface area (Å²) in [5.74, 6) is 1.20. The predicted molar refractivity (Wildman–Crippen MR) is 130 cm³/mol. The molecule has 0 aromatic rings. The van der Waals surface area contributed by atoms with Crippen molar-refractivity contribution in [2.45, 2.75) is 57.4 Å². The Balaban J connectivity index is 0.00000300. The molecule has 3 rings (SSSR count). The van der Waals surface area contributed by atoms with Crippen LogP contribution in [-0.2, 0) is 4.79 Å². The Morgan fingerprint density at radius 3 is 2.31 bits per heavy atom. The van der Waals surface area contributed by atoms with Gasteiger partial charge in [-0.1, -0.05) is 12.8 Å². The van der Waals surface area contributed by atoms with Gasteiger partial charge in [-0.25, -0.2) is 0 Å². The zero-order valence-electron chi connectivity index (χ0n) is 18.2. The highest BCUT2D eigenvalue weighted by Crippen LogP contribution is 2.18. The van der Waals surface area contributed by atoms with Crippen molar-refractivity contribution < 1.29 is 4.79 Å². The van der Waals surface area contributed by atoms with Crippen molar-refractivity contribution in [2.24, 2.45) is 4.99 Å². The molecule has 0 atom stereocenters. The number of halogens is 1. The van der Waals surface area contributed by atoms with Gasteiger partial charge in [-0.15, -0.1) is 24.0 Å². The van der Waals surface area contributed by atoms with Crippen molar-refractivity contribution in [2.75, 3.05) is 66.0 Å². The van der Waals surface area contributed by atoms with Crippen LogP contribution in [0.1, 0.15) is 51.4 Å². The maximum absolute atomic E-state index is 12.0. The van der Waals surface area contributed by atoms with Gasteiger partial charge < -0.3 is 20.4 Å². The highest BCUT2D eigenvalue weighted by molar-refractivity contribution is 14.0. The summed E-state index contributed by atoms with van der Waals surface area (Å²) in [4.78, 5) is 23.6. The maximum Gasteiger partial charge on any atom is 0.234 e. The molecule has 168 valence electrons. The molecule has 1 aliphatic carbocycles. The van der Waals surface area contributed by atoms with Gasteiger partial charge in [0.1, 0.15) is 0 Å². The van der Waals surface area contributed by atoms with Crippen LogP contribution in [-0.4, -0.2) is 98.6 Å². The number of guanidine groups is 1. The lowest BCUT2D eigenvalue weighted by atomic mass is 10.1. The molecule has 29 heavy (non-hydrogen) atoms. The Morgan fingerprint density at radius 2 is 1.66 bits per heavy atom. The summed E-state index contributed by atoms with van der Waals surface area (Å²) in [5.41, 5.74) is 0. The van der Waals surface area contributed by atoms with Crippen LogP contribution < -0.4 is 10.6 Å². The van der Waals surface area contributed by atoms with Crippen molar-refractivity contribution in [1.82, 2.24) is 25.3 Å². The fourth-order valence-electron chi connectivity index (χ4n) is 4.17. The van der Waals surface area contributed by atoms with E-state index in [1.807, 2.05) is 7.05 Å². The van der Waals surface area contributed by atoms with E-state index in [1.165, 1.54) is 58.2 Å². The lowest BCUT2D eigenvalue weighted by Crippen LogP contribution is -2.54. The normalized spacial score (nSPS) is 21.6. The van der Waals surface area contributed by atoms with E-state index in [9.17, 15) is 4.79 Å². The van der Waals surface area contributed by atoms with Crippen molar-refractivity contribution in [3.8, 4) is 0 Å². The number of nitrogens with zero attached hydrogens (tertiary/aromatic N) is 4.